The van der Waals surface area contributed by atoms with Gasteiger partial charge in [-0.1, -0.05) is 135 Å². The summed E-state index contributed by atoms with van der Waals surface area (Å²) in [5, 5.41) is 0.596. The van der Waals surface area contributed by atoms with E-state index >= 15 is 0 Å². The summed E-state index contributed by atoms with van der Waals surface area (Å²) in [6, 6.07) is 47.7. The van der Waals surface area contributed by atoms with Crippen LogP contribution in [-0.2, 0) is 77.3 Å². The molecule has 120 heavy (non-hydrogen) atoms. The second kappa shape index (κ2) is 41.5. The number of rotatable bonds is 35. The molecule has 10 aromatic rings. The van der Waals surface area contributed by atoms with Gasteiger partial charge in [0.1, 0.15) is 36.3 Å². The zero-order chi connectivity index (χ0) is 86.1. The van der Waals surface area contributed by atoms with Crippen LogP contribution >= 0.6 is 22.7 Å². The number of hydrogen-bond donors (Lipinski definition) is 0. The molecule has 2 aliphatic rings. The van der Waals surface area contributed by atoms with Crippen molar-refractivity contribution < 1.29 is 56.4 Å². The maximum atomic E-state index is 14.9. The maximum absolute atomic E-state index is 14.9. The highest BCUT2D eigenvalue weighted by molar-refractivity contribution is 7.22. The molecule has 0 aliphatic carbocycles. The summed E-state index contributed by atoms with van der Waals surface area (Å²) in [5.74, 6) is -0.582. The zero-order valence-electron chi connectivity index (χ0n) is 73.0. The molecule has 2 amide bonds. The van der Waals surface area contributed by atoms with Crippen molar-refractivity contribution >= 4 is 99.8 Å². The Morgan fingerprint density at radius 3 is 1.52 bits per heavy atom. The number of fused-ring (bicyclic) bond motifs is 4. The number of aromatic nitrogens is 4. The standard InChI is InChI=1S/2C47H60FN5O5SSi/c1-47(2,3)58-45(55)43-35(16-13-27-57-40-22-20-33(30-38(40)48)14-12-25-51(4)5)21-23-42(49-43)52-26-24-34-15-11-17-36(37(34)31-52)44(54)50-46-53(32-56-28-29-60(6,7)8)39-18-9-10-19-41(39)59-46;1-47(2,3)58-45(55)43-35(16-13-27-57-40-22-20-33(30-38(40)48)14-12-25-51(4)5)21-23-42(50-43)52-26-24-34-15-11-17-36(37(34)31-52)44(54)53(32-56-28-29-60(6,7)8)46-49-39-18-9-10-19-41(39)59-46/h2*9-11,15,17-23,30H,12-14,16,24-29,31-32H2,1-8H3. The first-order chi connectivity index (χ1) is 57.1. The van der Waals surface area contributed by atoms with E-state index in [-0.39, 0.29) is 66.3 Å². The number of benzene rings is 6. The third kappa shape index (κ3) is 26.3. The van der Waals surface area contributed by atoms with Crippen LogP contribution in [-0.4, -0.2) is 168 Å². The number of amides is 2. The van der Waals surface area contributed by atoms with E-state index in [1.54, 1.807) is 29.2 Å². The minimum absolute atomic E-state index is 0.0995. The molecule has 12 rings (SSSR count). The van der Waals surface area contributed by atoms with Gasteiger partial charge in [0.15, 0.2) is 44.5 Å². The van der Waals surface area contributed by atoms with Crippen LogP contribution in [0.5, 0.6) is 11.5 Å². The number of halogens is 2. The molecule has 0 fully saturated rings. The van der Waals surface area contributed by atoms with Crippen LogP contribution in [0.15, 0.2) is 151 Å². The number of nitrogens with zero attached hydrogens (tertiary/aromatic N) is 10. The van der Waals surface area contributed by atoms with Gasteiger partial charge in [-0.2, -0.15) is 4.99 Å². The van der Waals surface area contributed by atoms with Crippen LogP contribution in [0.2, 0.25) is 51.4 Å². The Balaban J connectivity index is 0.000000235. The summed E-state index contributed by atoms with van der Waals surface area (Å²) >= 11 is 2.96. The van der Waals surface area contributed by atoms with Gasteiger partial charge in [0, 0.05) is 66.7 Å². The number of esters is 2. The topological polar surface area (TPSA) is 196 Å². The molecule has 0 atom stereocenters. The Bertz CT molecular complexity index is 5240. The van der Waals surface area contributed by atoms with Gasteiger partial charge in [-0.3, -0.25) is 19.1 Å². The van der Waals surface area contributed by atoms with E-state index in [1.165, 1.54) is 22.7 Å². The lowest BCUT2D eigenvalue weighted by Gasteiger charge is -2.32. The number of carbonyl (C=O) groups excluding carboxylic acids is 4. The molecule has 0 saturated carbocycles. The van der Waals surface area contributed by atoms with E-state index < -0.39 is 39.3 Å². The average Bonchev–Trinajstić information content (AvgIpc) is 1.14. The number of para-hydroxylation sites is 2. The predicted molar refractivity (Wildman–Crippen MR) is 485 cm³/mol. The zero-order valence-corrected chi connectivity index (χ0v) is 76.6. The molecule has 640 valence electrons. The van der Waals surface area contributed by atoms with Crippen molar-refractivity contribution in [3.8, 4) is 11.5 Å². The molecule has 26 heteroatoms. The highest BCUT2D eigenvalue weighted by Gasteiger charge is 2.32. The van der Waals surface area contributed by atoms with E-state index in [1.807, 2.05) is 183 Å². The van der Waals surface area contributed by atoms with Gasteiger partial charge in [0.2, 0.25) is 0 Å². The van der Waals surface area contributed by atoms with Crippen LogP contribution in [0, 0.1) is 11.6 Å². The summed E-state index contributed by atoms with van der Waals surface area (Å²) < 4.78 is 69.5. The van der Waals surface area contributed by atoms with E-state index in [2.05, 4.69) is 71.0 Å². The second-order valence-corrected chi connectivity index (χ2v) is 49.2. The first-order valence-electron chi connectivity index (χ1n) is 41.9. The Morgan fingerprint density at radius 1 is 0.525 bits per heavy atom. The number of aryl methyl sites for hydroxylation is 4. The molecule has 0 unspecified atom stereocenters. The fourth-order valence-corrected chi connectivity index (χ4v) is 17.6. The third-order valence-corrected chi connectivity index (χ3v) is 26.1. The minimum Gasteiger partial charge on any atom is -0.491 e. The van der Waals surface area contributed by atoms with Gasteiger partial charge < -0.3 is 48.0 Å². The number of pyridine rings is 2. The molecule has 6 heterocycles. The van der Waals surface area contributed by atoms with Crippen molar-refractivity contribution in [3.63, 3.8) is 0 Å². The highest BCUT2D eigenvalue weighted by atomic mass is 32.1. The van der Waals surface area contributed by atoms with Crippen molar-refractivity contribution in [1.82, 2.24) is 29.3 Å². The van der Waals surface area contributed by atoms with Gasteiger partial charge in [-0.05, 0) is 276 Å². The molecule has 6 aromatic carbocycles. The summed E-state index contributed by atoms with van der Waals surface area (Å²) in [5.41, 5.74) is 9.32. The molecular formula is C94H120F2N10O10S2Si2. The van der Waals surface area contributed by atoms with Crippen molar-refractivity contribution in [2.45, 2.75) is 188 Å². The van der Waals surface area contributed by atoms with Crippen LogP contribution in [0.25, 0.3) is 20.4 Å². The molecule has 0 spiro atoms. The summed E-state index contributed by atoms with van der Waals surface area (Å²) in [4.78, 5) is 86.2. The van der Waals surface area contributed by atoms with Crippen molar-refractivity contribution in [2.75, 3.05) is 102 Å². The molecule has 4 aromatic heterocycles. The van der Waals surface area contributed by atoms with E-state index in [0.717, 1.165) is 116 Å². The van der Waals surface area contributed by atoms with Crippen molar-refractivity contribution in [2.24, 2.45) is 4.99 Å². The molecular weight excluding hydrogens is 1590 g/mol. The largest absolute Gasteiger partial charge is 0.491 e. The minimum atomic E-state index is -1.34. The van der Waals surface area contributed by atoms with Gasteiger partial charge in [-0.25, -0.2) is 33.3 Å². The van der Waals surface area contributed by atoms with Crippen LogP contribution < -0.4 is 29.0 Å². The first kappa shape index (κ1) is 91.4. The Labute approximate surface area is 716 Å². The second-order valence-electron chi connectivity index (χ2n) is 35.9. The predicted octanol–water partition coefficient (Wildman–Crippen LogP) is 19.1. The number of anilines is 3. The van der Waals surface area contributed by atoms with Gasteiger partial charge >= 0.3 is 11.9 Å². The third-order valence-electron chi connectivity index (χ3n) is 20.6. The lowest BCUT2D eigenvalue weighted by molar-refractivity contribution is 0.00491. The number of thiazole rings is 2. The summed E-state index contributed by atoms with van der Waals surface area (Å²) in [7, 11) is 5.50. The van der Waals surface area contributed by atoms with Crippen LogP contribution in [0.4, 0.5) is 25.5 Å². The Hall–Kier alpha value is -9.39. The SMILES string of the molecule is CN(C)CCCc1ccc(OCCCc2ccc(N3CCc4cccc(C(=O)N(COCC[Si](C)(C)C)c5nc6ccccc6s5)c4C3)nc2C(=O)OC(C)(C)C)c(F)c1.CN(C)CCCc1ccc(OCCCc2ccc(N3CCc4cccc(C(=O)N=c5sc6ccccc6n5COCC[Si](C)(C)C)c4C3)nc2C(=O)OC(C)(C)C)c(F)c1. The summed E-state index contributed by atoms with van der Waals surface area (Å²) in [6.45, 7) is 31.1. The lowest BCUT2D eigenvalue weighted by Crippen LogP contribution is -2.37. The molecule has 0 bridgehead atoms. The van der Waals surface area contributed by atoms with Crippen LogP contribution in [0.3, 0.4) is 0 Å². The molecule has 20 nitrogen and oxygen atoms in total. The van der Waals surface area contributed by atoms with Crippen molar-refractivity contribution in [1.29, 1.82) is 0 Å². The summed E-state index contributed by atoms with van der Waals surface area (Å²) in [6.07, 6.45) is 6.93. The van der Waals surface area contributed by atoms with E-state index in [4.69, 9.17) is 48.4 Å². The lowest BCUT2D eigenvalue weighted by atomic mass is 9.94. The Morgan fingerprint density at radius 2 is 1.02 bits per heavy atom. The van der Waals surface area contributed by atoms with Crippen molar-refractivity contribution in [3.05, 3.63) is 229 Å². The smallest absolute Gasteiger partial charge is 0.357 e. The monoisotopic (exact) mass is 1710 g/mol. The van der Waals surface area contributed by atoms with E-state index in [9.17, 15) is 28.0 Å². The fourth-order valence-electron chi connectivity index (χ4n) is 14.2. The van der Waals surface area contributed by atoms with Gasteiger partial charge in [0.05, 0.1) is 33.6 Å². The highest BCUT2D eigenvalue weighted by Crippen LogP contribution is 2.35. The fraction of sp³-hybridized carbons (Fsp3) is 0.447. The van der Waals surface area contributed by atoms with E-state index in [0.29, 0.717) is 117 Å². The maximum Gasteiger partial charge on any atom is 0.357 e. The molecule has 0 N–H and O–H groups in total. The molecule has 0 saturated heterocycles. The normalized spacial score (nSPS) is 13.3. The van der Waals surface area contributed by atoms with Gasteiger partial charge in [0.25, 0.3) is 11.8 Å². The molecule has 2 aliphatic heterocycles. The number of carbonyl (C=O) groups is 4. The van der Waals surface area contributed by atoms with Gasteiger partial charge in [-0.15, -0.1) is 0 Å². The first-order valence-corrected chi connectivity index (χ1v) is 50.9. The quantitative estimate of drug-likeness (QED) is 0.0157. The van der Waals surface area contributed by atoms with Crippen LogP contribution in [0.1, 0.15) is 153 Å². The number of hydrogen-bond acceptors (Lipinski definition) is 19. The average molecular weight is 1710 g/mol. The molecule has 0 radical (unpaired) electrons. The number of ether oxygens (including phenoxy) is 6. The Kier molecular flexibility index (Phi) is 31.6.